The van der Waals surface area contributed by atoms with Crippen molar-refractivity contribution in [3.63, 3.8) is 0 Å². The Hall–Kier alpha value is -2.04. The van der Waals surface area contributed by atoms with Gasteiger partial charge in [0.2, 0.25) is 0 Å². The number of aromatic amines is 1. The molecule has 0 aliphatic carbocycles. The molecule has 1 aromatic carbocycles. The zero-order valence-electron chi connectivity index (χ0n) is 10.4. The van der Waals surface area contributed by atoms with E-state index in [1.54, 1.807) is 12.3 Å². The second kappa shape index (κ2) is 5.53. The molecule has 0 saturated heterocycles. The maximum atomic E-state index is 13.2. The van der Waals surface area contributed by atoms with E-state index in [2.05, 4.69) is 15.5 Å². The second-order valence-electron chi connectivity index (χ2n) is 3.97. The topological polar surface area (TPSA) is 49.9 Å². The maximum absolute atomic E-state index is 13.2. The molecule has 0 aliphatic rings. The van der Waals surface area contributed by atoms with E-state index in [4.69, 9.17) is 4.74 Å². The number of nitrogens with zero attached hydrogens (tertiary/aromatic N) is 1. The molecule has 0 radical (unpaired) electrons. The standard InChI is InChI=1S/C13H16FN3O/c1-3-18-13-6-11(14)4-5-12(13)17-9(2)10-7-15-16-8-10/h4-9,17H,3H2,1-2H3,(H,15,16). The Bertz CT molecular complexity index is 499. The van der Waals surface area contributed by atoms with Gasteiger partial charge in [-0.3, -0.25) is 5.10 Å². The summed E-state index contributed by atoms with van der Waals surface area (Å²) in [7, 11) is 0. The second-order valence-corrected chi connectivity index (χ2v) is 3.97. The van der Waals surface area contributed by atoms with E-state index in [-0.39, 0.29) is 11.9 Å². The summed E-state index contributed by atoms with van der Waals surface area (Å²) in [6, 6.07) is 4.53. The molecular weight excluding hydrogens is 233 g/mol. The first-order chi connectivity index (χ1) is 8.70. The third-order valence-corrected chi connectivity index (χ3v) is 2.63. The van der Waals surface area contributed by atoms with E-state index in [1.165, 1.54) is 12.1 Å². The molecule has 2 N–H and O–H groups in total. The predicted octanol–water partition coefficient (Wildman–Crippen LogP) is 3.12. The fourth-order valence-corrected chi connectivity index (χ4v) is 1.70. The van der Waals surface area contributed by atoms with Crippen molar-refractivity contribution in [3.8, 4) is 5.75 Å². The minimum atomic E-state index is -0.306. The molecule has 4 nitrogen and oxygen atoms in total. The largest absolute Gasteiger partial charge is 0.492 e. The van der Waals surface area contributed by atoms with E-state index in [0.29, 0.717) is 12.4 Å². The zero-order chi connectivity index (χ0) is 13.0. The summed E-state index contributed by atoms with van der Waals surface area (Å²) in [6.45, 7) is 4.37. The van der Waals surface area contributed by atoms with Crippen LogP contribution in [-0.2, 0) is 0 Å². The summed E-state index contributed by atoms with van der Waals surface area (Å²) in [4.78, 5) is 0. The SMILES string of the molecule is CCOc1cc(F)ccc1NC(C)c1cn[nH]c1. The molecule has 1 aromatic heterocycles. The lowest BCUT2D eigenvalue weighted by molar-refractivity contribution is 0.339. The molecule has 0 amide bonds. The van der Waals surface area contributed by atoms with Crippen LogP contribution in [0.25, 0.3) is 0 Å². The number of anilines is 1. The number of nitrogens with one attached hydrogen (secondary N) is 2. The Balaban J connectivity index is 2.17. The molecule has 0 bridgehead atoms. The minimum absolute atomic E-state index is 0.0633. The van der Waals surface area contributed by atoms with Crippen molar-refractivity contribution in [1.29, 1.82) is 0 Å². The van der Waals surface area contributed by atoms with Crippen LogP contribution in [0.5, 0.6) is 5.75 Å². The molecule has 0 saturated carbocycles. The quantitative estimate of drug-likeness (QED) is 0.856. The van der Waals surface area contributed by atoms with Crippen molar-refractivity contribution in [3.05, 3.63) is 42.0 Å². The first-order valence-corrected chi connectivity index (χ1v) is 5.88. The van der Waals surface area contributed by atoms with Gasteiger partial charge < -0.3 is 10.1 Å². The third kappa shape index (κ3) is 2.80. The third-order valence-electron chi connectivity index (χ3n) is 2.63. The van der Waals surface area contributed by atoms with E-state index in [0.717, 1.165) is 11.3 Å². The van der Waals surface area contributed by atoms with Crippen LogP contribution in [0.15, 0.2) is 30.6 Å². The monoisotopic (exact) mass is 249 g/mol. The Morgan fingerprint density at radius 1 is 1.50 bits per heavy atom. The summed E-state index contributed by atoms with van der Waals surface area (Å²) < 4.78 is 18.6. The maximum Gasteiger partial charge on any atom is 0.145 e. The molecule has 18 heavy (non-hydrogen) atoms. The smallest absolute Gasteiger partial charge is 0.145 e. The lowest BCUT2D eigenvalue weighted by atomic mass is 10.1. The summed E-state index contributed by atoms with van der Waals surface area (Å²) in [5, 5.41) is 9.94. The van der Waals surface area contributed by atoms with Gasteiger partial charge >= 0.3 is 0 Å². The average molecular weight is 249 g/mol. The molecular formula is C13H16FN3O. The number of hydrogen-bond donors (Lipinski definition) is 2. The van der Waals surface area contributed by atoms with Crippen LogP contribution in [0.1, 0.15) is 25.5 Å². The summed E-state index contributed by atoms with van der Waals surface area (Å²) in [5.41, 5.74) is 1.80. The highest BCUT2D eigenvalue weighted by molar-refractivity contribution is 5.57. The van der Waals surface area contributed by atoms with E-state index >= 15 is 0 Å². The van der Waals surface area contributed by atoms with Gasteiger partial charge in [-0.25, -0.2) is 4.39 Å². The molecule has 1 unspecified atom stereocenters. The summed E-state index contributed by atoms with van der Waals surface area (Å²) in [5.74, 6) is 0.216. The van der Waals surface area contributed by atoms with Crippen molar-refractivity contribution >= 4 is 5.69 Å². The first kappa shape index (κ1) is 12.4. The molecule has 0 aliphatic heterocycles. The van der Waals surface area contributed by atoms with Gasteiger partial charge in [-0.15, -0.1) is 0 Å². The number of halogens is 1. The molecule has 5 heteroatoms. The van der Waals surface area contributed by atoms with Crippen LogP contribution >= 0.6 is 0 Å². The van der Waals surface area contributed by atoms with Crippen molar-refractivity contribution in [2.45, 2.75) is 19.9 Å². The molecule has 0 spiro atoms. The number of aromatic nitrogens is 2. The van der Waals surface area contributed by atoms with Crippen molar-refractivity contribution in [1.82, 2.24) is 10.2 Å². The normalized spacial score (nSPS) is 12.2. The van der Waals surface area contributed by atoms with Gasteiger partial charge in [-0.05, 0) is 26.0 Å². The molecule has 96 valence electrons. The Kier molecular flexibility index (Phi) is 3.82. The highest BCUT2D eigenvalue weighted by Crippen LogP contribution is 2.28. The molecule has 0 fully saturated rings. The van der Waals surface area contributed by atoms with Crippen molar-refractivity contribution < 1.29 is 9.13 Å². The van der Waals surface area contributed by atoms with Crippen LogP contribution < -0.4 is 10.1 Å². The van der Waals surface area contributed by atoms with Crippen LogP contribution in [0, 0.1) is 5.82 Å². The fourth-order valence-electron chi connectivity index (χ4n) is 1.70. The fraction of sp³-hybridized carbons (Fsp3) is 0.308. The summed E-state index contributed by atoms with van der Waals surface area (Å²) in [6.07, 6.45) is 3.57. The van der Waals surface area contributed by atoms with Gasteiger partial charge in [0.1, 0.15) is 11.6 Å². The van der Waals surface area contributed by atoms with Gasteiger partial charge in [0.05, 0.1) is 24.5 Å². The van der Waals surface area contributed by atoms with Crippen LogP contribution in [-0.4, -0.2) is 16.8 Å². The predicted molar refractivity (Wildman–Crippen MR) is 68.2 cm³/mol. The number of hydrogen-bond acceptors (Lipinski definition) is 3. The van der Waals surface area contributed by atoms with Gasteiger partial charge in [0.25, 0.3) is 0 Å². The highest BCUT2D eigenvalue weighted by Gasteiger charge is 2.10. The van der Waals surface area contributed by atoms with Crippen molar-refractivity contribution in [2.24, 2.45) is 0 Å². The molecule has 2 aromatic rings. The zero-order valence-corrected chi connectivity index (χ0v) is 10.4. The van der Waals surface area contributed by atoms with Crippen LogP contribution in [0.3, 0.4) is 0 Å². The molecule has 1 heterocycles. The van der Waals surface area contributed by atoms with E-state index < -0.39 is 0 Å². The summed E-state index contributed by atoms with van der Waals surface area (Å²) >= 11 is 0. The number of ether oxygens (including phenoxy) is 1. The van der Waals surface area contributed by atoms with Gasteiger partial charge in [-0.1, -0.05) is 0 Å². The molecule has 1 atom stereocenters. The Morgan fingerprint density at radius 2 is 2.33 bits per heavy atom. The van der Waals surface area contributed by atoms with Gasteiger partial charge in [-0.2, -0.15) is 5.10 Å². The first-order valence-electron chi connectivity index (χ1n) is 5.88. The lowest BCUT2D eigenvalue weighted by Gasteiger charge is -2.17. The molecule has 2 rings (SSSR count). The van der Waals surface area contributed by atoms with E-state index in [1.807, 2.05) is 20.0 Å². The van der Waals surface area contributed by atoms with E-state index in [9.17, 15) is 4.39 Å². The number of rotatable bonds is 5. The van der Waals surface area contributed by atoms with Crippen molar-refractivity contribution in [2.75, 3.05) is 11.9 Å². The number of benzene rings is 1. The lowest BCUT2D eigenvalue weighted by Crippen LogP contribution is -2.07. The highest BCUT2D eigenvalue weighted by atomic mass is 19.1. The van der Waals surface area contributed by atoms with Gasteiger partial charge in [0, 0.05) is 17.8 Å². The Labute approximate surface area is 105 Å². The average Bonchev–Trinajstić information content (AvgIpc) is 2.86. The van der Waals surface area contributed by atoms with Crippen LogP contribution in [0.4, 0.5) is 10.1 Å². The van der Waals surface area contributed by atoms with Crippen LogP contribution in [0.2, 0.25) is 0 Å². The van der Waals surface area contributed by atoms with Gasteiger partial charge in [0.15, 0.2) is 0 Å². The Morgan fingerprint density at radius 3 is 3.00 bits per heavy atom. The number of H-pyrrole nitrogens is 1. The minimum Gasteiger partial charge on any atom is -0.492 e.